The van der Waals surface area contributed by atoms with Crippen LogP contribution in [0.25, 0.3) is 0 Å². The Kier molecular flexibility index (Phi) is 2.24. The third-order valence-electron chi connectivity index (χ3n) is 3.41. The first-order chi connectivity index (χ1) is 7.38. The first-order valence-electron chi connectivity index (χ1n) is 5.91. The van der Waals surface area contributed by atoms with Crippen LogP contribution in [0.2, 0.25) is 0 Å². The molecule has 82 valence electrons. The van der Waals surface area contributed by atoms with Crippen LogP contribution in [0.15, 0.2) is 0 Å². The predicted molar refractivity (Wildman–Crippen MR) is 55.3 cm³/mol. The lowest BCUT2D eigenvalue weighted by atomic mass is 10.2. The van der Waals surface area contributed by atoms with Gasteiger partial charge in [0, 0.05) is 12.5 Å². The minimum atomic E-state index is 0.0370. The van der Waals surface area contributed by atoms with E-state index in [2.05, 4.69) is 10.3 Å². The number of aryl methyl sites for hydroxylation is 1. The molecule has 3 rings (SSSR count). The van der Waals surface area contributed by atoms with Crippen molar-refractivity contribution in [3.63, 3.8) is 0 Å². The van der Waals surface area contributed by atoms with Crippen LogP contribution in [0.3, 0.4) is 0 Å². The van der Waals surface area contributed by atoms with Crippen LogP contribution in [-0.2, 0) is 13.2 Å². The zero-order valence-corrected chi connectivity index (χ0v) is 8.89. The van der Waals surface area contributed by atoms with E-state index in [0.717, 1.165) is 18.2 Å². The summed E-state index contributed by atoms with van der Waals surface area (Å²) >= 11 is 0. The van der Waals surface area contributed by atoms with Crippen molar-refractivity contribution in [2.75, 3.05) is 0 Å². The van der Waals surface area contributed by atoms with Crippen molar-refractivity contribution in [1.29, 1.82) is 0 Å². The first-order valence-corrected chi connectivity index (χ1v) is 5.91. The highest BCUT2D eigenvalue weighted by Crippen LogP contribution is 2.41. The number of rotatable bonds is 5. The van der Waals surface area contributed by atoms with E-state index < -0.39 is 0 Å². The average Bonchev–Trinajstić information content (AvgIpc) is 3.14. The second kappa shape index (κ2) is 3.59. The summed E-state index contributed by atoms with van der Waals surface area (Å²) in [5, 5.41) is 17.4. The molecule has 4 nitrogen and oxygen atoms in total. The van der Waals surface area contributed by atoms with E-state index >= 15 is 0 Å². The molecule has 0 aliphatic heterocycles. The molecule has 1 aromatic rings. The van der Waals surface area contributed by atoms with E-state index in [1.807, 2.05) is 4.68 Å². The van der Waals surface area contributed by atoms with Gasteiger partial charge in [-0.05, 0) is 25.2 Å². The molecule has 2 saturated carbocycles. The molecule has 0 unspecified atom stereocenters. The quantitative estimate of drug-likeness (QED) is 0.795. The van der Waals surface area contributed by atoms with Crippen LogP contribution in [0.4, 0.5) is 0 Å². The fourth-order valence-corrected chi connectivity index (χ4v) is 2.15. The summed E-state index contributed by atoms with van der Waals surface area (Å²) in [5.74, 6) is 1.56. The maximum Gasteiger partial charge on any atom is 0.112 e. The Morgan fingerprint density at radius 2 is 2.07 bits per heavy atom. The van der Waals surface area contributed by atoms with Crippen molar-refractivity contribution in [1.82, 2.24) is 15.0 Å². The molecule has 1 aromatic heterocycles. The van der Waals surface area contributed by atoms with E-state index in [0.29, 0.717) is 5.92 Å². The molecule has 1 N–H and O–H groups in total. The second-order valence-electron chi connectivity index (χ2n) is 4.81. The largest absolute Gasteiger partial charge is 0.390 e. The number of hydrogen-bond donors (Lipinski definition) is 1. The highest BCUT2D eigenvalue weighted by molar-refractivity contribution is 5.19. The molecule has 15 heavy (non-hydrogen) atoms. The van der Waals surface area contributed by atoms with Gasteiger partial charge in [-0.25, -0.2) is 4.68 Å². The van der Waals surface area contributed by atoms with Gasteiger partial charge in [-0.3, -0.25) is 0 Å². The zero-order valence-electron chi connectivity index (χ0n) is 8.89. The minimum absolute atomic E-state index is 0.0370. The van der Waals surface area contributed by atoms with Gasteiger partial charge in [-0.2, -0.15) is 0 Å². The Hall–Kier alpha value is -0.900. The highest BCUT2D eigenvalue weighted by Gasteiger charge is 2.31. The van der Waals surface area contributed by atoms with Crippen LogP contribution in [0.5, 0.6) is 0 Å². The van der Waals surface area contributed by atoms with Crippen molar-refractivity contribution in [2.45, 2.75) is 51.2 Å². The molecule has 0 spiro atoms. The minimum Gasteiger partial charge on any atom is -0.390 e. The third-order valence-corrected chi connectivity index (χ3v) is 3.41. The van der Waals surface area contributed by atoms with Crippen LogP contribution < -0.4 is 0 Å². The number of nitrogens with zero attached hydrogens (tertiary/aromatic N) is 3. The number of aliphatic hydroxyl groups excluding tert-OH is 1. The Morgan fingerprint density at radius 3 is 2.67 bits per heavy atom. The summed E-state index contributed by atoms with van der Waals surface area (Å²) in [7, 11) is 0. The number of hydrogen-bond acceptors (Lipinski definition) is 3. The third kappa shape index (κ3) is 1.91. The summed E-state index contributed by atoms with van der Waals surface area (Å²) in [4.78, 5) is 0. The highest BCUT2D eigenvalue weighted by atomic mass is 16.3. The van der Waals surface area contributed by atoms with Gasteiger partial charge in [-0.15, -0.1) is 5.10 Å². The SMILES string of the molecule is OCc1nnn(CCC2CC2)c1C1CC1. The van der Waals surface area contributed by atoms with Crippen molar-refractivity contribution < 1.29 is 5.11 Å². The summed E-state index contributed by atoms with van der Waals surface area (Å²) < 4.78 is 2.03. The lowest BCUT2D eigenvalue weighted by molar-refractivity contribution is 0.275. The summed E-state index contributed by atoms with van der Waals surface area (Å²) in [6, 6.07) is 0. The Balaban J connectivity index is 1.75. The monoisotopic (exact) mass is 207 g/mol. The van der Waals surface area contributed by atoms with Gasteiger partial charge in [0.1, 0.15) is 5.69 Å². The lowest BCUT2D eigenvalue weighted by Gasteiger charge is -2.05. The maximum absolute atomic E-state index is 9.18. The molecule has 2 fully saturated rings. The van der Waals surface area contributed by atoms with Crippen molar-refractivity contribution in [3.8, 4) is 0 Å². The Labute approximate surface area is 89.3 Å². The van der Waals surface area contributed by atoms with Gasteiger partial charge in [0.2, 0.25) is 0 Å². The van der Waals surface area contributed by atoms with Crippen molar-refractivity contribution >= 4 is 0 Å². The molecule has 1 heterocycles. The normalized spacial score (nSPS) is 20.9. The van der Waals surface area contributed by atoms with E-state index in [9.17, 15) is 5.11 Å². The Bertz CT molecular complexity index is 353. The molecule has 2 aliphatic carbocycles. The molecule has 0 amide bonds. The molecule has 0 saturated heterocycles. The standard InChI is InChI=1S/C11H17N3O/c15-7-10-11(9-3-4-9)14(13-12-10)6-5-8-1-2-8/h8-9,15H,1-7H2. The summed E-state index contributed by atoms with van der Waals surface area (Å²) in [5.41, 5.74) is 2.01. The lowest BCUT2D eigenvalue weighted by Crippen LogP contribution is -2.06. The molecule has 2 aliphatic rings. The summed E-state index contributed by atoms with van der Waals surface area (Å²) in [6.45, 7) is 1.03. The Morgan fingerprint density at radius 1 is 1.27 bits per heavy atom. The van der Waals surface area contributed by atoms with Crippen LogP contribution in [0.1, 0.15) is 49.4 Å². The molecule has 0 bridgehead atoms. The van der Waals surface area contributed by atoms with Gasteiger partial charge in [0.15, 0.2) is 0 Å². The fourth-order valence-electron chi connectivity index (χ4n) is 2.15. The van der Waals surface area contributed by atoms with Gasteiger partial charge < -0.3 is 5.11 Å². The topological polar surface area (TPSA) is 50.9 Å². The first kappa shape index (κ1) is 9.33. The molecule has 4 heteroatoms. The molecular weight excluding hydrogens is 190 g/mol. The molecule has 0 radical (unpaired) electrons. The zero-order chi connectivity index (χ0) is 10.3. The van der Waals surface area contributed by atoms with Gasteiger partial charge >= 0.3 is 0 Å². The maximum atomic E-state index is 9.18. The van der Waals surface area contributed by atoms with Crippen LogP contribution in [-0.4, -0.2) is 20.1 Å². The predicted octanol–water partition coefficient (Wildman–Crippen LogP) is 1.45. The van der Waals surface area contributed by atoms with E-state index in [4.69, 9.17) is 0 Å². The van der Waals surface area contributed by atoms with Gasteiger partial charge in [0.05, 0.1) is 12.3 Å². The van der Waals surface area contributed by atoms with Crippen LogP contribution >= 0.6 is 0 Å². The molecule has 0 aromatic carbocycles. The van der Waals surface area contributed by atoms with Gasteiger partial charge in [0.25, 0.3) is 0 Å². The van der Waals surface area contributed by atoms with Crippen molar-refractivity contribution in [2.24, 2.45) is 5.92 Å². The second-order valence-corrected chi connectivity index (χ2v) is 4.81. The summed E-state index contributed by atoms with van der Waals surface area (Å²) in [6.07, 6.45) is 6.49. The average molecular weight is 207 g/mol. The smallest absolute Gasteiger partial charge is 0.112 e. The fraction of sp³-hybridized carbons (Fsp3) is 0.818. The van der Waals surface area contributed by atoms with Crippen molar-refractivity contribution in [3.05, 3.63) is 11.4 Å². The van der Waals surface area contributed by atoms with E-state index in [1.165, 1.54) is 37.8 Å². The molecule has 0 atom stereocenters. The van der Waals surface area contributed by atoms with Gasteiger partial charge in [-0.1, -0.05) is 18.1 Å². The number of aliphatic hydroxyl groups is 1. The van der Waals surface area contributed by atoms with E-state index in [1.54, 1.807) is 0 Å². The number of aromatic nitrogens is 3. The molecular formula is C11H17N3O. The van der Waals surface area contributed by atoms with Crippen LogP contribution in [0, 0.1) is 5.92 Å². The van der Waals surface area contributed by atoms with E-state index in [-0.39, 0.29) is 6.61 Å².